The molecule has 0 bridgehead atoms. The molecule has 0 fully saturated rings. The summed E-state index contributed by atoms with van der Waals surface area (Å²) in [5.74, 6) is -2.65. The van der Waals surface area contributed by atoms with Gasteiger partial charge in [0.15, 0.2) is 0 Å². The summed E-state index contributed by atoms with van der Waals surface area (Å²) in [6, 6.07) is 0. The summed E-state index contributed by atoms with van der Waals surface area (Å²) in [5, 5.41) is 12.9. The molecule has 7 heteroatoms. The van der Waals surface area contributed by atoms with Crippen LogP contribution in [0.2, 0.25) is 0 Å². The van der Waals surface area contributed by atoms with Crippen LogP contribution in [0.3, 0.4) is 0 Å². The van der Waals surface area contributed by atoms with Gasteiger partial charge in [-0.2, -0.15) is 0 Å². The fourth-order valence-corrected chi connectivity index (χ4v) is 2.67. The van der Waals surface area contributed by atoms with Crippen LogP contribution in [-0.4, -0.2) is 22.0 Å². The number of carbonyl (C=O) groups excluding carboxylic acids is 1. The number of amides is 1. The lowest BCUT2D eigenvalue weighted by molar-refractivity contribution is -0.146. The van der Waals surface area contributed by atoms with Gasteiger partial charge in [0.1, 0.15) is 5.00 Å². The molecule has 1 amide bonds. The molecule has 0 aromatic carbocycles. The molecular weight excluding hydrogens is 276 g/mol. The quantitative estimate of drug-likeness (QED) is 0.894. The Morgan fingerprint density at radius 3 is 2.89 bits per heavy atom. The van der Waals surface area contributed by atoms with Gasteiger partial charge in [0.05, 0.1) is 23.5 Å². The average Bonchev–Trinajstić information content (AvgIpc) is 2.81. The highest BCUT2D eigenvalue weighted by Crippen LogP contribution is 2.33. The van der Waals surface area contributed by atoms with Crippen LogP contribution in [0.4, 0.5) is 5.00 Å². The monoisotopic (exact) mass is 286 g/mol. The largest absolute Gasteiger partial charge is 0.481 e. The van der Waals surface area contributed by atoms with Gasteiger partial charge in [0, 0.05) is 5.03 Å². The predicted octanol–water partition coefficient (Wildman–Crippen LogP) is 2.32. The minimum absolute atomic E-state index is 0.267. The van der Waals surface area contributed by atoms with Gasteiger partial charge >= 0.3 is 5.97 Å². The summed E-state index contributed by atoms with van der Waals surface area (Å²) in [4.78, 5) is 27.0. The number of anilines is 1. The van der Waals surface area contributed by atoms with E-state index in [-0.39, 0.29) is 18.7 Å². The van der Waals surface area contributed by atoms with E-state index < -0.39 is 17.8 Å². The van der Waals surface area contributed by atoms with Crippen molar-refractivity contribution in [1.82, 2.24) is 4.98 Å². The maximum Gasteiger partial charge on any atom is 0.307 e. The van der Waals surface area contributed by atoms with Crippen molar-refractivity contribution in [3.8, 4) is 0 Å². The van der Waals surface area contributed by atoms with Gasteiger partial charge in [-0.3, -0.25) is 14.6 Å². The number of hydrogen-bond acceptors (Lipinski definition) is 4. The fourth-order valence-electron chi connectivity index (χ4n) is 1.89. The van der Waals surface area contributed by atoms with E-state index in [4.69, 9.17) is 16.7 Å². The summed E-state index contributed by atoms with van der Waals surface area (Å²) in [5.41, 5.74) is 1.60. The van der Waals surface area contributed by atoms with Crippen molar-refractivity contribution in [2.45, 2.75) is 12.8 Å². The van der Waals surface area contributed by atoms with Crippen LogP contribution in [0.5, 0.6) is 0 Å². The lowest BCUT2D eigenvalue weighted by Crippen LogP contribution is -2.35. The topological polar surface area (TPSA) is 79.3 Å². The zero-order chi connectivity index (χ0) is 13.1. The Labute approximate surface area is 112 Å². The van der Waals surface area contributed by atoms with Crippen LogP contribution in [0.15, 0.2) is 22.8 Å². The van der Waals surface area contributed by atoms with Crippen molar-refractivity contribution in [3.63, 3.8) is 0 Å². The molecule has 1 aliphatic carbocycles. The van der Waals surface area contributed by atoms with Gasteiger partial charge in [-0.05, 0) is 12.8 Å². The Bertz CT molecular complexity index is 486. The van der Waals surface area contributed by atoms with E-state index in [1.807, 2.05) is 0 Å². The van der Waals surface area contributed by atoms with Crippen LogP contribution in [0.1, 0.15) is 12.8 Å². The molecule has 1 aliphatic rings. The molecule has 0 saturated carbocycles. The van der Waals surface area contributed by atoms with E-state index in [1.165, 1.54) is 17.5 Å². The van der Waals surface area contributed by atoms with Crippen LogP contribution >= 0.6 is 22.9 Å². The predicted molar refractivity (Wildman–Crippen MR) is 68.5 cm³/mol. The molecule has 1 aromatic heterocycles. The van der Waals surface area contributed by atoms with Gasteiger partial charge in [-0.1, -0.05) is 17.7 Å². The van der Waals surface area contributed by atoms with Gasteiger partial charge < -0.3 is 10.4 Å². The number of halogens is 1. The number of nitrogens with one attached hydrogen (secondary N) is 1. The minimum atomic E-state index is -0.972. The smallest absolute Gasteiger partial charge is 0.307 e. The molecule has 2 atom stereocenters. The number of nitrogens with zero attached hydrogens (tertiary/aromatic N) is 1. The number of carboxylic acid groups (broad SMARTS) is 1. The number of rotatable bonds is 3. The van der Waals surface area contributed by atoms with E-state index >= 15 is 0 Å². The zero-order valence-electron chi connectivity index (χ0n) is 9.30. The Morgan fingerprint density at radius 2 is 2.28 bits per heavy atom. The number of carbonyl (C=O) groups is 2. The number of aromatic nitrogens is 1. The van der Waals surface area contributed by atoms with E-state index in [1.54, 1.807) is 11.6 Å². The highest BCUT2D eigenvalue weighted by molar-refractivity contribution is 7.13. The first-order chi connectivity index (χ1) is 8.58. The molecule has 0 radical (unpaired) electrons. The Kier molecular flexibility index (Phi) is 3.98. The average molecular weight is 287 g/mol. The normalized spacial score (nSPS) is 23.3. The third kappa shape index (κ3) is 2.88. The Balaban J connectivity index is 2.11. The molecule has 0 saturated heterocycles. The van der Waals surface area contributed by atoms with E-state index in [0.717, 1.165) is 0 Å². The van der Waals surface area contributed by atoms with Crippen LogP contribution in [-0.2, 0) is 9.59 Å². The molecule has 1 aromatic rings. The molecular formula is C11H11ClN2O3S. The van der Waals surface area contributed by atoms with Crippen molar-refractivity contribution in [2.75, 3.05) is 5.32 Å². The summed E-state index contributed by atoms with van der Waals surface area (Å²) in [7, 11) is 0. The summed E-state index contributed by atoms with van der Waals surface area (Å²) in [6.45, 7) is 0. The first kappa shape index (κ1) is 13.0. The van der Waals surface area contributed by atoms with Crippen molar-refractivity contribution in [3.05, 3.63) is 22.8 Å². The summed E-state index contributed by atoms with van der Waals surface area (Å²) in [6.07, 6.45) is 3.74. The third-order valence-corrected chi connectivity index (χ3v) is 3.82. The number of thiazole rings is 1. The molecule has 2 N–H and O–H groups in total. The summed E-state index contributed by atoms with van der Waals surface area (Å²) < 4.78 is 0. The lowest BCUT2D eigenvalue weighted by Gasteiger charge is -2.25. The molecule has 0 unspecified atom stereocenters. The number of allylic oxidation sites excluding steroid dienone is 2. The standard InChI is InChI=1S/C11H11ClN2O3S/c12-6-1-2-7(11(16)17)8(3-6)10(15)14-9-4-13-5-18-9/h1,4-5,7-8H,2-3H2,(H,14,15)(H,16,17)/t7-,8+/m0/s1. The number of carboxylic acids is 1. The van der Waals surface area contributed by atoms with E-state index in [2.05, 4.69) is 10.3 Å². The second-order valence-corrected chi connectivity index (χ2v) is 5.37. The minimum Gasteiger partial charge on any atom is -0.481 e. The number of aliphatic carboxylic acids is 1. The Morgan fingerprint density at radius 1 is 1.50 bits per heavy atom. The molecule has 5 nitrogen and oxygen atoms in total. The van der Waals surface area contributed by atoms with E-state index in [0.29, 0.717) is 10.0 Å². The highest BCUT2D eigenvalue weighted by atomic mass is 35.5. The fraction of sp³-hybridized carbons (Fsp3) is 0.364. The van der Waals surface area contributed by atoms with Gasteiger partial charge in [-0.25, -0.2) is 0 Å². The maximum atomic E-state index is 12.0. The first-order valence-electron chi connectivity index (χ1n) is 5.34. The first-order valence-corrected chi connectivity index (χ1v) is 6.60. The van der Waals surface area contributed by atoms with Gasteiger partial charge in [0.2, 0.25) is 5.91 Å². The van der Waals surface area contributed by atoms with Crippen molar-refractivity contribution >= 4 is 39.8 Å². The second kappa shape index (κ2) is 5.49. The van der Waals surface area contributed by atoms with Crippen LogP contribution in [0, 0.1) is 11.8 Å². The highest BCUT2D eigenvalue weighted by Gasteiger charge is 2.36. The van der Waals surface area contributed by atoms with E-state index in [9.17, 15) is 9.59 Å². The van der Waals surface area contributed by atoms with Crippen molar-refractivity contribution in [1.29, 1.82) is 0 Å². The second-order valence-electron chi connectivity index (χ2n) is 4.00. The Hall–Kier alpha value is -1.40. The van der Waals surface area contributed by atoms with Crippen LogP contribution in [0.25, 0.3) is 0 Å². The van der Waals surface area contributed by atoms with Crippen molar-refractivity contribution in [2.24, 2.45) is 11.8 Å². The molecule has 2 rings (SSSR count). The summed E-state index contributed by atoms with van der Waals surface area (Å²) >= 11 is 7.17. The third-order valence-electron chi connectivity index (χ3n) is 2.83. The maximum absolute atomic E-state index is 12.0. The molecule has 18 heavy (non-hydrogen) atoms. The molecule has 1 heterocycles. The molecule has 96 valence electrons. The van der Waals surface area contributed by atoms with Gasteiger partial charge in [-0.15, -0.1) is 11.3 Å². The van der Waals surface area contributed by atoms with Crippen molar-refractivity contribution < 1.29 is 14.7 Å². The van der Waals surface area contributed by atoms with Crippen LogP contribution < -0.4 is 5.32 Å². The SMILES string of the molecule is O=C(O)[C@H]1CC=C(Cl)C[C@H]1C(=O)Nc1cncs1. The molecule has 0 spiro atoms. The van der Waals surface area contributed by atoms with Gasteiger partial charge in [0.25, 0.3) is 0 Å². The zero-order valence-corrected chi connectivity index (χ0v) is 10.9. The number of hydrogen-bond donors (Lipinski definition) is 2. The molecule has 0 aliphatic heterocycles. The lowest BCUT2D eigenvalue weighted by atomic mass is 9.82.